The van der Waals surface area contributed by atoms with E-state index in [0.717, 1.165) is 25.4 Å². The topological polar surface area (TPSA) is 47.3 Å². The van der Waals surface area contributed by atoms with Gasteiger partial charge in [0.25, 0.3) is 0 Å². The molecule has 1 unspecified atom stereocenters. The molecule has 0 aromatic carbocycles. The summed E-state index contributed by atoms with van der Waals surface area (Å²) in [5, 5.41) is 0. The Morgan fingerprint density at radius 1 is 1.36 bits per heavy atom. The Kier molecular flexibility index (Phi) is 4.35. The van der Waals surface area contributed by atoms with Crippen molar-refractivity contribution < 1.29 is 4.74 Å². The maximum absolute atomic E-state index is 5.94. The number of ether oxygens (including phenoxy) is 1. The van der Waals surface area contributed by atoms with Crippen molar-refractivity contribution in [3.05, 3.63) is 0 Å². The van der Waals surface area contributed by atoms with E-state index in [9.17, 15) is 0 Å². The molecule has 3 N–H and O–H groups in total. The minimum atomic E-state index is -0.0509. The molecule has 1 rings (SSSR count). The molecule has 0 aromatic heterocycles. The van der Waals surface area contributed by atoms with Gasteiger partial charge in [0.2, 0.25) is 0 Å². The van der Waals surface area contributed by atoms with Crippen LogP contribution in [0.25, 0.3) is 0 Å². The van der Waals surface area contributed by atoms with Crippen LogP contribution in [0.4, 0.5) is 0 Å². The molecule has 0 spiro atoms. The highest BCUT2D eigenvalue weighted by Crippen LogP contribution is 2.40. The summed E-state index contributed by atoms with van der Waals surface area (Å²) < 4.78 is 5.94. The van der Waals surface area contributed by atoms with E-state index in [0.29, 0.717) is 6.04 Å². The van der Waals surface area contributed by atoms with Crippen molar-refractivity contribution in [2.75, 3.05) is 6.61 Å². The molecular weight excluding hydrogens is 176 g/mol. The summed E-state index contributed by atoms with van der Waals surface area (Å²) in [5.74, 6) is 6.38. The van der Waals surface area contributed by atoms with E-state index < -0.39 is 0 Å². The molecule has 84 valence electrons. The lowest BCUT2D eigenvalue weighted by atomic mass is 9.85. The van der Waals surface area contributed by atoms with Gasteiger partial charge in [-0.1, -0.05) is 13.8 Å². The molecule has 3 heteroatoms. The molecule has 0 saturated heterocycles. The van der Waals surface area contributed by atoms with Gasteiger partial charge >= 0.3 is 0 Å². The van der Waals surface area contributed by atoms with E-state index in [2.05, 4.69) is 26.2 Å². The van der Waals surface area contributed by atoms with Crippen LogP contribution in [0.15, 0.2) is 0 Å². The summed E-state index contributed by atoms with van der Waals surface area (Å²) in [4.78, 5) is 0. The second-order valence-electron chi connectivity index (χ2n) is 4.19. The maximum atomic E-state index is 5.94. The predicted molar refractivity (Wildman–Crippen MR) is 58.8 cm³/mol. The van der Waals surface area contributed by atoms with E-state index in [-0.39, 0.29) is 5.60 Å². The van der Waals surface area contributed by atoms with E-state index in [1.807, 2.05) is 0 Å². The molecule has 14 heavy (non-hydrogen) atoms. The molecule has 1 aliphatic rings. The third-order valence-corrected chi connectivity index (χ3v) is 3.47. The van der Waals surface area contributed by atoms with Crippen LogP contribution in [-0.2, 0) is 4.74 Å². The zero-order chi connectivity index (χ0) is 10.6. The van der Waals surface area contributed by atoms with Gasteiger partial charge in [0.15, 0.2) is 0 Å². The fraction of sp³-hybridized carbons (Fsp3) is 1.00. The number of hydrogen-bond donors (Lipinski definition) is 2. The van der Waals surface area contributed by atoms with Crippen LogP contribution in [0.5, 0.6) is 0 Å². The number of nitrogens with one attached hydrogen (secondary N) is 1. The maximum Gasteiger partial charge on any atom is 0.0845 e. The van der Waals surface area contributed by atoms with Gasteiger partial charge < -0.3 is 4.74 Å². The van der Waals surface area contributed by atoms with Crippen LogP contribution < -0.4 is 11.3 Å². The molecule has 3 nitrogen and oxygen atoms in total. The fourth-order valence-corrected chi connectivity index (χ4v) is 2.42. The van der Waals surface area contributed by atoms with Gasteiger partial charge in [0, 0.05) is 6.61 Å². The quantitative estimate of drug-likeness (QED) is 0.487. The van der Waals surface area contributed by atoms with Crippen LogP contribution in [0.1, 0.15) is 46.5 Å². The fourth-order valence-electron chi connectivity index (χ4n) is 2.42. The molecule has 1 fully saturated rings. The zero-order valence-electron chi connectivity index (χ0n) is 9.68. The lowest BCUT2D eigenvalue weighted by Crippen LogP contribution is -2.55. The van der Waals surface area contributed by atoms with Crippen LogP contribution in [0.2, 0.25) is 0 Å². The van der Waals surface area contributed by atoms with Crippen molar-refractivity contribution in [3.63, 3.8) is 0 Å². The molecule has 1 aliphatic carbocycles. The molecule has 1 saturated carbocycles. The van der Waals surface area contributed by atoms with Crippen molar-refractivity contribution >= 4 is 0 Å². The van der Waals surface area contributed by atoms with Crippen molar-refractivity contribution in [3.8, 4) is 0 Å². The van der Waals surface area contributed by atoms with Gasteiger partial charge in [0.1, 0.15) is 0 Å². The van der Waals surface area contributed by atoms with E-state index >= 15 is 0 Å². The Balaban J connectivity index is 2.70. The van der Waals surface area contributed by atoms with Gasteiger partial charge in [-0.15, -0.1) is 0 Å². The minimum Gasteiger partial charge on any atom is -0.374 e. The summed E-state index contributed by atoms with van der Waals surface area (Å²) in [6, 6.07) is 0.331. The molecule has 0 amide bonds. The Labute approximate surface area is 87.4 Å². The lowest BCUT2D eigenvalue weighted by Gasteiger charge is -2.39. The van der Waals surface area contributed by atoms with Crippen molar-refractivity contribution in [1.29, 1.82) is 0 Å². The average Bonchev–Trinajstić information content (AvgIpc) is 3.01. The molecule has 0 aromatic rings. The summed E-state index contributed by atoms with van der Waals surface area (Å²) in [6.07, 6.45) is 4.65. The number of hydrazine groups is 1. The van der Waals surface area contributed by atoms with Crippen molar-refractivity contribution in [2.45, 2.75) is 58.1 Å². The highest BCUT2D eigenvalue weighted by molar-refractivity contribution is 4.99. The Hall–Kier alpha value is -0.120. The van der Waals surface area contributed by atoms with Crippen molar-refractivity contribution in [1.82, 2.24) is 5.43 Å². The number of hydrogen-bond acceptors (Lipinski definition) is 3. The van der Waals surface area contributed by atoms with E-state index in [1.54, 1.807) is 0 Å². The molecular formula is C11H24N2O. The van der Waals surface area contributed by atoms with E-state index in [1.165, 1.54) is 12.8 Å². The van der Waals surface area contributed by atoms with Crippen LogP contribution in [0.3, 0.4) is 0 Å². The van der Waals surface area contributed by atoms with E-state index in [4.69, 9.17) is 10.6 Å². The number of rotatable bonds is 7. The first kappa shape index (κ1) is 12.0. The van der Waals surface area contributed by atoms with Crippen LogP contribution in [-0.4, -0.2) is 18.2 Å². The third kappa shape index (κ3) is 2.27. The molecule has 1 atom stereocenters. The largest absolute Gasteiger partial charge is 0.374 e. The normalized spacial score (nSPS) is 19.7. The summed E-state index contributed by atoms with van der Waals surface area (Å²) in [6.45, 7) is 7.20. The minimum absolute atomic E-state index is 0.0509. The first-order chi connectivity index (χ1) is 6.74. The molecule has 0 aliphatic heterocycles. The first-order valence-corrected chi connectivity index (χ1v) is 5.84. The highest BCUT2D eigenvalue weighted by Gasteiger charge is 2.44. The van der Waals surface area contributed by atoms with Gasteiger partial charge in [0.05, 0.1) is 11.6 Å². The van der Waals surface area contributed by atoms with Crippen LogP contribution in [0, 0.1) is 5.92 Å². The summed E-state index contributed by atoms with van der Waals surface area (Å²) in [5.41, 5.74) is 2.92. The monoisotopic (exact) mass is 200 g/mol. The predicted octanol–water partition coefficient (Wildman–Crippen LogP) is 1.82. The molecule has 0 bridgehead atoms. The lowest BCUT2D eigenvalue weighted by molar-refractivity contribution is -0.0771. The summed E-state index contributed by atoms with van der Waals surface area (Å²) >= 11 is 0. The first-order valence-electron chi connectivity index (χ1n) is 5.84. The standard InChI is InChI=1S/C11H24N2O/c1-4-11(5-2,14-6-3)10(13-12)9-7-8-9/h9-10,13H,4-8,12H2,1-3H3. The van der Waals surface area contributed by atoms with Gasteiger partial charge in [-0.25, -0.2) is 0 Å². The summed E-state index contributed by atoms with van der Waals surface area (Å²) in [7, 11) is 0. The second-order valence-corrected chi connectivity index (χ2v) is 4.19. The molecule has 0 radical (unpaired) electrons. The van der Waals surface area contributed by atoms with Gasteiger partial charge in [-0.3, -0.25) is 11.3 Å². The Morgan fingerprint density at radius 2 is 1.93 bits per heavy atom. The zero-order valence-corrected chi connectivity index (χ0v) is 9.68. The average molecular weight is 200 g/mol. The molecule has 0 heterocycles. The third-order valence-electron chi connectivity index (χ3n) is 3.47. The van der Waals surface area contributed by atoms with Crippen molar-refractivity contribution in [2.24, 2.45) is 11.8 Å². The number of nitrogens with two attached hydrogens (primary N) is 1. The SMILES string of the molecule is CCOC(CC)(CC)C(NN)C1CC1. The van der Waals surface area contributed by atoms with Gasteiger partial charge in [-0.05, 0) is 38.5 Å². The Bertz CT molecular complexity index is 165. The smallest absolute Gasteiger partial charge is 0.0845 e. The second kappa shape index (κ2) is 5.10. The Morgan fingerprint density at radius 3 is 2.21 bits per heavy atom. The highest BCUT2D eigenvalue weighted by atomic mass is 16.5. The van der Waals surface area contributed by atoms with Gasteiger partial charge in [-0.2, -0.15) is 0 Å². The van der Waals surface area contributed by atoms with Crippen LogP contribution >= 0.6 is 0 Å².